The summed E-state index contributed by atoms with van der Waals surface area (Å²) in [7, 11) is 5.28. The third-order valence-corrected chi connectivity index (χ3v) is 13.1. The van der Waals surface area contributed by atoms with Gasteiger partial charge in [0.15, 0.2) is 12.1 Å². The summed E-state index contributed by atoms with van der Waals surface area (Å²) in [5.41, 5.74) is -0.556. The van der Waals surface area contributed by atoms with Gasteiger partial charge in [-0.05, 0) is 105 Å². The highest BCUT2D eigenvalue weighted by Crippen LogP contribution is 2.38. The zero-order valence-electron chi connectivity index (χ0n) is 40.2. The van der Waals surface area contributed by atoms with Crippen molar-refractivity contribution in [3.63, 3.8) is 0 Å². The van der Waals surface area contributed by atoms with Crippen LogP contribution >= 0.6 is 0 Å². The smallest absolute Gasteiger partial charge is 0.316 e. The summed E-state index contributed by atoms with van der Waals surface area (Å²) < 4.78 is 30.7. The number of likely N-dealkylation sites (N-methyl/N-ethyl adjacent to an activating group) is 1. The van der Waals surface area contributed by atoms with E-state index in [1.807, 2.05) is 64.2 Å². The van der Waals surface area contributed by atoms with E-state index in [0.717, 1.165) is 48.9 Å². The van der Waals surface area contributed by atoms with Gasteiger partial charge < -0.3 is 59.4 Å². The second kappa shape index (κ2) is 25.1. The van der Waals surface area contributed by atoms with Gasteiger partial charge in [-0.15, -0.1) is 0 Å². The molecule has 64 heavy (non-hydrogen) atoms. The van der Waals surface area contributed by atoms with E-state index in [9.17, 15) is 24.9 Å². The standard InChI is InChI=1S/C48H79N5O11/c1-12-39-48(8,58)43(56)32(4)40(52-61-24-21-49-19-15-22-60-23-16-20-50-28-35-26-36-17-13-14-18-37(36)51-29-35)30(2)27-47(7,59-11)44(33(5)41(54)34(6)45(57)63-39)64-46-42(55)38(53(9)10)25-31(3)62-46/h13-14,17-18,26,29-34,38-39,42-44,46,49-50,55-56,58H,12,15-16,19-25,27-28H2,1-11H3/b52-40+/t30-,31-,32+,33+,34-,38+,39-,42-,43-,44-,46+,47+,48-/m1/s1. The lowest BCUT2D eigenvalue weighted by atomic mass is 9.74. The molecule has 16 heteroatoms. The Bertz CT molecular complexity index is 1780. The van der Waals surface area contributed by atoms with E-state index in [4.69, 9.17) is 28.5 Å². The molecule has 2 aliphatic heterocycles. The number of carbonyl (C=O) groups is 2. The molecule has 0 spiro atoms. The number of ketones is 1. The first-order valence-electron chi connectivity index (χ1n) is 23.2. The van der Waals surface area contributed by atoms with E-state index < -0.39 is 77.3 Å². The van der Waals surface area contributed by atoms with E-state index in [1.165, 1.54) is 21.0 Å². The lowest BCUT2D eigenvalue weighted by molar-refractivity contribution is -0.295. The van der Waals surface area contributed by atoms with Crippen molar-refractivity contribution in [3.8, 4) is 0 Å². The molecule has 16 nitrogen and oxygen atoms in total. The Kier molecular flexibility index (Phi) is 21.0. The Labute approximate surface area is 381 Å². The maximum Gasteiger partial charge on any atom is 0.316 e. The third kappa shape index (κ3) is 14.2. The number of cyclic esters (lactones) is 1. The van der Waals surface area contributed by atoms with Crippen LogP contribution in [0.2, 0.25) is 0 Å². The van der Waals surface area contributed by atoms with Crippen LogP contribution in [0.1, 0.15) is 93.1 Å². The molecule has 5 N–H and O–H groups in total. The number of aliphatic hydroxyl groups is 3. The normalized spacial score (nSPS) is 34.2. The van der Waals surface area contributed by atoms with Gasteiger partial charge in [-0.1, -0.05) is 51.0 Å². The van der Waals surface area contributed by atoms with Gasteiger partial charge in [-0.3, -0.25) is 14.6 Å². The molecular formula is C48H79N5O11. The van der Waals surface area contributed by atoms with Crippen LogP contribution in [0.5, 0.6) is 0 Å². The number of oxime groups is 1. The molecule has 362 valence electrons. The van der Waals surface area contributed by atoms with Crippen LogP contribution in [0.4, 0.5) is 0 Å². The Hall–Kier alpha value is -3.16. The lowest BCUT2D eigenvalue weighted by Gasteiger charge is -2.47. The molecule has 0 aliphatic carbocycles. The van der Waals surface area contributed by atoms with Crippen molar-refractivity contribution in [2.45, 2.75) is 148 Å². The van der Waals surface area contributed by atoms with Crippen molar-refractivity contribution in [1.82, 2.24) is 20.5 Å². The summed E-state index contributed by atoms with van der Waals surface area (Å²) in [6.07, 6.45) is -1.42. The number of methoxy groups -OCH3 is 1. The van der Waals surface area contributed by atoms with Crippen LogP contribution < -0.4 is 10.6 Å². The van der Waals surface area contributed by atoms with Crippen LogP contribution in [0.15, 0.2) is 41.7 Å². The SMILES string of the molecule is CC[C@H]1OC(=O)[C@H](C)C(=O)[C@H](C)[C@@H](O[C@@H]2O[C@H](C)C[C@H](N(C)C)[C@H]2O)[C@@](C)(OC)C[C@@H](C)/C(=N\OCCNCCCOCCCNCc2cnc3ccccc3c2)[C@H](C)[C@@H](O)[C@]1(C)O. The molecule has 0 radical (unpaired) electrons. The summed E-state index contributed by atoms with van der Waals surface area (Å²) in [5, 5.41) is 47.7. The van der Waals surface area contributed by atoms with Gasteiger partial charge in [-0.2, -0.15) is 0 Å². The Morgan fingerprint density at radius 3 is 2.33 bits per heavy atom. The summed E-state index contributed by atoms with van der Waals surface area (Å²) in [6, 6.07) is 9.99. The molecule has 2 aromatic rings. The number of Topliss-reactive ketones (excluding diaryl/α,β-unsaturated/α-hetero) is 1. The number of esters is 1. The zero-order chi connectivity index (χ0) is 47.2. The average Bonchev–Trinajstić information content (AvgIpc) is 3.27. The number of rotatable bonds is 19. The lowest BCUT2D eigenvalue weighted by Crippen LogP contribution is -2.60. The molecule has 3 heterocycles. The maximum absolute atomic E-state index is 14.2. The van der Waals surface area contributed by atoms with E-state index >= 15 is 0 Å². The van der Waals surface area contributed by atoms with E-state index in [2.05, 4.69) is 32.9 Å². The second-order valence-electron chi connectivity index (χ2n) is 18.6. The van der Waals surface area contributed by atoms with Crippen molar-refractivity contribution in [2.75, 3.05) is 60.7 Å². The van der Waals surface area contributed by atoms with Gasteiger partial charge in [0.05, 0.1) is 35.1 Å². The minimum Gasteiger partial charge on any atom is -0.459 e. The molecule has 2 fully saturated rings. The fourth-order valence-corrected chi connectivity index (χ4v) is 9.13. The molecule has 0 amide bonds. The number of carbonyl (C=O) groups excluding carboxylic acids is 2. The fraction of sp³-hybridized carbons (Fsp3) is 0.750. The quantitative estimate of drug-likeness (QED) is 0.0579. The highest BCUT2D eigenvalue weighted by atomic mass is 16.7. The molecule has 0 saturated carbocycles. The topological polar surface area (TPSA) is 203 Å². The van der Waals surface area contributed by atoms with Gasteiger partial charge in [0.1, 0.15) is 30.3 Å². The number of aliphatic hydroxyl groups excluding tert-OH is 2. The van der Waals surface area contributed by atoms with E-state index in [-0.39, 0.29) is 31.6 Å². The van der Waals surface area contributed by atoms with Gasteiger partial charge in [-0.25, -0.2) is 0 Å². The van der Waals surface area contributed by atoms with Crippen LogP contribution in [-0.2, 0) is 44.7 Å². The predicted molar refractivity (Wildman–Crippen MR) is 246 cm³/mol. The summed E-state index contributed by atoms with van der Waals surface area (Å²) >= 11 is 0. The zero-order valence-corrected chi connectivity index (χ0v) is 40.2. The van der Waals surface area contributed by atoms with Crippen LogP contribution in [0, 0.1) is 23.7 Å². The first-order chi connectivity index (χ1) is 30.4. The molecule has 1 aromatic carbocycles. The first kappa shape index (κ1) is 53.5. The number of aromatic nitrogens is 1. The number of hydrogen-bond donors (Lipinski definition) is 5. The molecular weight excluding hydrogens is 823 g/mol. The van der Waals surface area contributed by atoms with Gasteiger partial charge >= 0.3 is 5.97 Å². The Morgan fingerprint density at radius 2 is 1.66 bits per heavy atom. The fourth-order valence-electron chi connectivity index (χ4n) is 9.13. The summed E-state index contributed by atoms with van der Waals surface area (Å²) in [4.78, 5) is 40.2. The highest BCUT2D eigenvalue weighted by Gasteiger charge is 2.51. The Balaban J connectivity index is 1.39. The van der Waals surface area contributed by atoms with Gasteiger partial charge in [0.2, 0.25) is 0 Å². The van der Waals surface area contributed by atoms with Gasteiger partial charge in [0.25, 0.3) is 0 Å². The monoisotopic (exact) mass is 902 g/mol. The maximum atomic E-state index is 14.2. The highest BCUT2D eigenvalue weighted by molar-refractivity contribution is 6.00. The number of hydrogen-bond acceptors (Lipinski definition) is 16. The minimum absolute atomic E-state index is 0.173. The number of para-hydroxylation sites is 1. The second-order valence-corrected chi connectivity index (χ2v) is 18.6. The molecule has 4 rings (SSSR count). The van der Waals surface area contributed by atoms with Crippen LogP contribution in [0.3, 0.4) is 0 Å². The van der Waals surface area contributed by atoms with Crippen molar-refractivity contribution < 1.29 is 53.4 Å². The summed E-state index contributed by atoms with van der Waals surface area (Å²) in [6.45, 7) is 18.0. The predicted octanol–water partition coefficient (Wildman–Crippen LogP) is 4.25. The number of pyridine rings is 1. The number of nitrogens with zero attached hydrogens (tertiary/aromatic N) is 3. The molecule has 0 bridgehead atoms. The number of ether oxygens (including phenoxy) is 5. The molecule has 2 saturated heterocycles. The van der Waals surface area contributed by atoms with Crippen LogP contribution in [0.25, 0.3) is 10.9 Å². The molecule has 2 aliphatic rings. The third-order valence-electron chi connectivity index (χ3n) is 13.1. The molecule has 13 atom stereocenters. The largest absolute Gasteiger partial charge is 0.459 e. The van der Waals surface area contributed by atoms with Crippen molar-refractivity contribution in [2.24, 2.45) is 28.8 Å². The van der Waals surface area contributed by atoms with Crippen molar-refractivity contribution in [3.05, 3.63) is 42.1 Å². The van der Waals surface area contributed by atoms with Gasteiger partial charge in [0, 0.05) is 68.8 Å². The van der Waals surface area contributed by atoms with Crippen LogP contribution in [-0.4, -0.2) is 157 Å². The first-order valence-corrected chi connectivity index (χ1v) is 23.2. The van der Waals surface area contributed by atoms with Crippen molar-refractivity contribution >= 4 is 28.4 Å². The molecule has 0 unspecified atom stereocenters. The number of nitrogens with one attached hydrogen (secondary N) is 2. The average molecular weight is 902 g/mol. The summed E-state index contributed by atoms with van der Waals surface area (Å²) in [5.74, 6) is -4.71. The van der Waals surface area contributed by atoms with Crippen molar-refractivity contribution in [1.29, 1.82) is 0 Å². The number of fused-ring (bicyclic) bond motifs is 1. The minimum atomic E-state index is -1.91. The molecule has 1 aromatic heterocycles. The van der Waals surface area contributed by atoms with E-state index in [0.29, 0.717) is 31.9 Å². The number of benzene rings is 1. The Morgan fingerprint density at radius 1 is 0.969 bits per heavy atom. The van der Waals surface area contributed by atoms with E-state index in [1.54, 1.807) is 20.8 Å².